The average Bonchev–Trinajstić information content (AvgIpc) is 2.78. The highest BCUT2D eigenvalue weighted by Crippen LogP contribution is 2.16. The fourth-order valence-corrected chi connectivity index (χ4v) is 1.88. The number of aromatic carboxylic acids is 1. The van der Waals surface area contributed by atoms with E-state index >= 15 is 0 Å². The number of rotatable bonds is 4. The summed E-state index contributed by atoms with van der Waals surface area (Å²) in [6.07, 6.45) is 2.25. The predicted octanol–water partition coefficient (Wildman–Crippen LogP) is 1.68. The highest BCUT2D eigenvalue weighted by molar-refractivity contribution is 5.93. The number of pyridine rings is 1. The molecule has 5 heteroatoms. The lowest BCUT2D eigenvalue weighted by Gasteiger charge is -2.13. The zero-order chi connectivity index (χ0) is 12.3. The van der Waals surface area contributed by atoms with Gasteiger partial charge in [-0.15, -0.1) is 0 Å². The van der Waals surface area contributed by atoms with Crippen LogP contribution in [-0.4, -0.2) is 35.3 Å². The van der Waals surface area contributed by atoms with Gasteiger partial charge in [0.15, 0.2) is 0 Å². The van der Waals surface area contributed by atoms with Crippen LogP contribution in [0, 0.1) is 6.92 Å². The second-order valence-corrected chi connectivity index (χ2v) is 4.17. The van der Waals surface area contributed by atoms with Crippen molar-refractivity contribution in [1.29, 1.82) is 0 Å². The lowest BCUT2D eigenvalue weighted by Crippen LogP contribution is -2.20. The summed E-state index contributed by atoms with van der Waals surface area (Å²) < 4.78 is 5.47. The number of nitrogens with zero attached hydrogens (tertiary/aromatic N) is 1. The van der Waals surface area contributed by atoms with E-state index in [2.05, 4.69) is 10.3 Å². The monoisotopic (exact) mass is 236 g/mol. The maximum Gasteiger partial charge on any atom is 0.339 e. The molecule has 1 saturated heterocycles. The zero-order valence-corrected chi connectivity index (χ0v) is 9.77. The summed E-state index contributed by atoms with van der Waals surface area (Å²) in [6.45, 7) is 3.24. The van der Waals surface area contributed by atoms with Crippen molar-refractivity contribution in [3.63, 3.8) is 0 Å². The quantitative estimate of drug-likeness (QED) is 0.832. The van der Waals surface area contributed by atoms with Crippen molar-refractivity contribution in [1.82, 2.24) is 4.98 Å². The smallest absolute Gasteiger partial charge is 0.339 e. The first kappa shape index (κ1) is 11.9. The first-order valence-electron chi connectivity index (χ1n) is 5.73. The maximum atomic E-state index is 11.0. The number of carboxylic acids is 1. The van der Waals surface area contributed by atoms with Crippen LogP contribution in [0.3, 0.4) is 0 Å². The fraction of sp³-hybridized carbons (Fsp3) is 0.500. The number of carboxylic acid groups (broad SMARTS) is 1. The van der Waals surface area contributed by atoms with Gasteiger partial charge in [0.2, 0.25) is 0 Å². The van der Waals surface area contributed by atoms with Gasteiger partial charge in [0.05, 0.1) is 6.10 Å². The van der Waals surface area contributed by atoms with Crippen LogP contribution < -0.4 is 5.32 Å². The summed E-state index contributed by atoms with van der Waals surface area (Å²) >= 11 is 0. The number of carbonyl (C=O) groups is 1. The van der Waals surface area contributed by atoms with Gasteiger partial charge in [-0.05, 0) is 31.9 Å². The molecule has 0 amide bonds. The molecule has 0 aliphatic carbocycles. The van der Waals surface area contributed by atoms with Crippen molar-refractivity contribution in [2.24, 2.45) is 0 Å². The molecule has 1 aliphatic rings. The van der Waals surface area contributed by atoms with Gasteiger partial charge in [-0.3, -0.25) is 0 Å². The Kier molecular flexibility index (Phi) is 3.58. The molecule has 1 aromatic rings. The van der Waals surface area contributed by atoms with Crippen molar-refractivity contribution in [2.75, 3.05) is 18.5 Å². The van der Waals surface area contributed by atoms with Gasteiger partial charge in [-0.2, -0.15) is 0 Å². The van der Waals surface area contributed by atoms with Gasteiger partial charge < -0.3 is 15.2 Å². The first-order valence-corrected chi connectivity index (χ1v) is 5.73. The molecule has 1 unspecified atom stereocenters. The molecule has 1 fully saturated rings. The molecule has 0 spiro atoms. The predicted molar refractivity (Wildman–Crippen MR) is 63.4 cm³/mol. The third kappa shape index (κ3) is 2.94. The fourth-order valence-electron chi connectivity index (χ4n) is 1.88. The summed E-state index contributed by atoms with van der Waals surface area (Å²) in [5.41, 5.74) is 0.999. The minimum absolute atomic E-state index is 0.166. The molecule has 1 aromatic heterocycles. The second kappa shape index (κ2) is 5.14. The van der Waals surface area contributed by atoms with E-state index in [1.54, 1.807) is 12.1 Å². The topological polar surface area (TPSA) is 71.5 Å². The molecule has 1 atom stereocenters. The van der Waals surface area contributed by atoms with E-state index < -0.39 is 5.97 Å². The van der Waals surface area contributed by atoms with Gasteiger partial charge in [0.25, 0.3) is 0 Å². The van der Waals surface area contributed by atoms with E-state index in [1.807, 2.05) is 6.92 Å². The summed E-state index contributed by atoms with van der Waals surface area (Å²) in [6, 6.07) is 3.27. The van der Waals surface area contributed by atoms with E-state index in [0.717, 1.165) is 25.1 Å². The summed E-state index contributed by atoms with van der Waals surface area (Å²) in [5.74, 6) is -0.541. The van der Waals surface area contributed by atoms with Crippen LogP contribution in [0.1, 0.15) is 28.9 Å². The minimum Gasteiger partial charge on any atom is -0.478 e. The summed E-state index contributed by atoms with van der Waals surface area (Å²) in [5, 5.41) is 12.1. The summed E-state index contributed by atoms with van der Waals surface area (Å²) in [4.78, 5) is 15.2. The minimum atomic E-state index is -0.965. The van der Waals surface area contributed by atoms with Gasteiger partial charge in [-0.1, -0.05) is 0 Å². The Hall–Kier alpha value is -1.62. The van der Waals surface area contributed by atoms with Crippen LogP contribution in [-0.2, 0) is 4.74 Å². The SMILES string of the molecule is Cc1ccc(C(=O)O)c(NCC2CCCO2)n1. The molecule has 2 N–H and O–H groups in total. The summed E-state index contributed by atoms with van der Waals surface area (Å²) in [7, 11) is 0. The Balaban J connectivity index is 2.07. The number of aromatic nitrogens is 1. The van der Waals surface area contributed by atoms with Crippen LogP contribution in [0.5, 0.6) is 0 Å². The third-order valence-corrected chi connectivity index (χ3v) is 2.79. The molecule has 92 valence electrons. The lowest BCUT2D eigenvalue weighted by atomic mass is 10.2. The van der Waals surface area contributed by atoms with Crippen LogP contribution in [0.15, 0.2) is 12.1 Å². The van der Waals surface area contributed by atoms with E-state index in [1.165, 1.54) is 0 Å². The third-order valence-electron chi connectivity index (χ3n) is 2.79. The maximum absolute atomic E-state index is 11.0. The Labute approximate surface area is 99.8 Å². The Morgan fingerprint density at radius 2 is 2.47 bits per heavy atom. The standard InChI is InChI=1S/C12H16N2O3/c1-8-4-5-10(12(15)16)11(14-8)13-7-9-3-2-6-17-9/h4-5,9H,2-3,6-7H2,1H3,(H,13,14)(H,15,16). The Morgan fingerprint density at radius 3 is 3.12 bits per heavy atom. The molecule has 0 aromatic carbocycles. The van der Waals surface area contributed by atoms with Gasteiger partial charge >= 0.3 is 5.97 Å². The average molecular weight is 236 g/mol. The molecule has 0 bridgehead atoms. The van der Waals surface area contributed by atoms with Gasteiger partial charge in [0, 0.05) is 18.8 Å². The molecule has 1 aliphatic heterocycles. The first-order chi connectivity index (χ1) is 8.16. The molecule has 0 saturated carbocycles. The van der Waals surface area contributed by atoms with Crippen LogP contribution in [0.2, 0.25) is 0 Å². The van der Waals surface area contributed by atoms with Crippen LogP contribution in [0.25, 0.3) is 0 Å². The van der Waals surface area contributed by atoms with Crippen molar-refractivity contribution >= 4 is 11.8 Å². The highest BCUT2D eigenvalue weighted by atomic mass is 16.5. The van der Waals surface area contributed by atoms with Crippen LogP contribution >= 0.6 is 0 Å². The van der Waals surface area contributed by atoms with Gasteiger partial charge in [-0.25, -0.2) is 9.78 Å². The normalized spacial score (nSPS) is 19.2. The number of hydrogen-bond acceptors (Lipinski definition) is 4. The van der Waals surface area contributed by atoms with Crippen molar-refractivity contribution in [3.8, 4) is 0 Å². The highest BCUT2D eigenvalue weighted by Gasteiger charge is 2.17. The Bertz CT molecular complexity index is 414. The molecule has 0 radical (unpaired) electrons. The van der Waals surface area contributed by atoms with E-state index in [-0.39, 0.29) is 11.7 Å². The number of anilines is 1. The van der Waals surface area contributed by atoms with E-state index in [0.29, 0.717) is 12.4 Å². The number of nitrogens with one attached hydrogen (secondary N) is 1. The number of aryl methyl sites for hydroxylation is 1. The van der Waals surface area contributed by atoms with Crippen molar-refractivity contribution in [3.05, 3.63) is 23.4 Å². The van der Waals surface area contributed by atoms with E-state index in [4.69, 9.17) is 9.84 Å². The molecule has 2 heterocycles. The van der Waals surface area contributed by atoms with Crippen molar-refractivity contribution in [2.45, 2.75) is 25.9 Å². The zero-order valence-electron chi connectivity index (χ0n) is 9.77. The molecule has 17 heavy (non-hydrogen) atoms. The second-order valence-electron chi connectivity index (χ2n) is 4.17. The Morgan fingerprint density at radius 1 is 1.65 bits per heavy atom. The van der Waals surface area contributed by atoms with E-state index in [9.17, 15) is 4.79 Å². The van der Waals surface area contributed by atoms with Gasteiger partial charge in [0.1, 0.15) is 11.4 Å². The molecular weight excluding hydrogens is 220 g/mol. The largest absolute Gasteiger partial charge is 0.478 e. The van der Waals surface area contributed by atoms with Crippen LogP contribution in [0.4, 0.5) is 5.82 Å². The number of ether oxygens (including phenoxy) is 1. The molecular formula is C12H16N2O3. The lowest BCUT2D eigenvalue weighted by molar-refractivity contribution is 0.0697. The van der Waals surface area contributed by atoms with Crippen molar-refractivity contribution < 1.29 is 14.6 Å². The number of hydrogen-bond donors (Lipinski definition) is 2. The molecule has 2 rings (SSSR count). The molecule has 5 nitrogen and oxygen atoms in total.